The smallest absolute Gasteiger partial charge is 0.145 e. The Kier molecular flexibility index (Phi) is 4.20. The van der Waals surface area contributed by atoms with Crippen molar-refractivity contribution in [2.24, 2.45) is 0 Å². The van der Waals surface area contributed by atoms with Crippen LogP contribution in [0.1, 0.15) is 5.76 Å². The molecule has 0 aliphatic heterocycles. The van der Waals surface area contributed by atoms with Crippen molar-refractivity contribution in [2.75, 3.05) is 12.4 Å². The first kappa shape index (κ1) is 12.6. The van der Waals surface area contributed by atoms with E-state index in [1.165, 1.54) is 11.8 Å². The Labute approximate surface area is 114 Å². The highest BCUT2D eigenvalue weighted by Gasteiger charge is 2.09. The Morgan fingerprint density at radius 2 is 2.24 bits per heavy atom. The number of hydrogen-bond acceptors (Lipinski definition) is 4. The van der Waals surface area contributed by atoms with E-state index < -0.39 is 0 Å². The number of nitrogens with one attached hydrogen (secondary N) is 1. The van der Waals surface area contributed by atoms with Gasteiger partial charge in [-0.25, -0.2) is 4.98 Å². The number of pyridine rings is 1. The van der Waals surface area contributed by atoms with Crippen LogP contribution >= 0.6 is 35.0 Å². The zero-order valence-corrected chi connectivity index (χ0v) is 11.4. The summed E-state index contributed by atoms with van der Waals surface area (Å²) in [4.78, 5) is 4.34. The quantitative estimate of drug-likeness (QED) is 0.851. The Hall–Kier alpha value is -0.840. The average molecular weight is 289 g/mol. The monoisotopic (exact) mass is 288 g/mol. The molecule has 6 heteroatoms. The van der Waals surface area contributed by atoms with Crippen molar-refractivity contribution in [1.29, 1.82) is 0 Å². The first-order chi connectivity index (χ1) is 8.20. The molecule has 0 unspecified atom stereocenters. The van der Waals surface area contributed by atoms with Gasteiger partial charge >= 0.3 is 0 Å². The molecule has 0 spiro atoms. The molecule has 0 radical (unpaired) electrons. The lowest BCUT2D eigenvalue weighted by Crippen LogP contribution is -1.95. The Morgan fingerprint density at radius 3 is 2.88 bits per heavy atom. The maximum atomic E-state index is 6.07. The third-order valence-electron chi connectivity index (χ3n) is 2.07. The van der Waals surface area contributed by atoms with Gasteiger partial charge in [-0.05, 0) is 18.2 Å². The molecule has 17 heavy (non-hydrogen) atoms. The maximum absolute atomic E-state index is 6.07. The molecule has 1 N–H and O–H groups in total. The van der Waals surface area contributed by atoms with E-state index in [0.717, 1.165) is 10.8 Å². The van der Waals surface area contributed by atoms with Crippen LogP contribution in [0.5, 0.6) is 0 Å². The molecule has 2 heterocycles. The van der Waals surface area contributed by atoms with Crippen molar-refractivity contribution >= 4 is 40.8 Å². The normalized spacial score (nSPS) is 10.5. The molecular weight excluding hydrogens is 279 g/mol. The van der Waals surface area contributed by atoms with Gasteiger partial charge in [-0.15, -0.1) is 0 Å². The minimum atomic E-state index is 0.514. The fourth-order valence-corrected chi connectivity index (χ4v) is 2.67. The van der Waals surface area contributed by atoms with Crippen molar-refractivity contribution in [3.05, 3.63) is 40.3 Å². The maximum Gasteiger partial charge on any atom is 0.145 e. The SMILES string of the molecule is CNc1nc(SCc2ccco2)c(Cl)cc1Cl. The van der Waals surface area contributed by atoms with Crippen LogP contribution in [0, 0.1) is 0 Å². The molecule has 2 aromatic rings. The predicted octanol–water partition coefficient (Wildman–Crippen LogP) is 4.32. The van der Waals surface area contributed by atoms with E-state index in [1.807, 2.05) is 12.1 Å². The lowest BCUT2D eigenvalue weighted by molar-refractivity contribution is 0.530. The minimum Gasteiger partial charge on any atom is -0.468 e. The summed E-state index contributed by atoms with van der Waals surface area (Å²) in [6.07, 6.45) is 1.64. The molecule has 90 valence electrons. The number of anilines is 1. The van der Waals surface area contributed by atoms with Gasteiger partial charge in [-0.1, -0.05) is 35.0 Å². The molecule has 2 rings (SSSR count). The van der Waals surface area contributed by atoms with Gasteiger partial charge in [0.2, 0.25) is 0 Å². The molecule has 0 fully saturated rings. The summed E-state index contributed by atoms with van der Waals surface area (Å²) >= 11 is 13.5. The molecule has 0 aliphatic carbocycles. The van der Waals surface area contributed by atoms with Crippen molar-refractivity contribution in [2.45, 2.75) is 10.8 Å². The summed E-state index contributed by atoms with van der Waals surface area (Å²) in [6, 6.07) is 5.45. The fourth-order valence-electron chi connectivity index (χ4n) is 1.26. The largest absolute Gasteiger partial charge is 0.468 e. The third-order valence-corrected chi connectivity index (χ3v) is 3.77. The van der Waals surface area contributed by atoms with E-state index in [-0.39, 0.29) is 0 Å². The number of rotatable bonds is 4. The second-order valence-electron chi connectivity index (χ2n) is 3.22. The first-order valence-electron chi connectivity index (χ1n) is 4.89. The molecule has 0 aromatic carbocycles. The molecule has 3 nitrogen and oxygen atoms in total. The Morgan fingerprint density at radius 1 is 1.41 bits per heavy atom. The second-order valence-corrected chi connectivity index (χ2v) is 5.00. The Bertz CT molecular complexity index is 502. The Balaban J connectivity index is 2.15. The van der Waals surface area contributed by atoms with Gasteiger partial charge in [-0.2, -0.15) is 0 Å². The highest BCUT2D eigenvalue weighted by molar-refractivity contribution is 7.98. The third kappa shape index (κ3) is 3.09. The van der Waals surface area contributed by atoms with Gasteiger partial charge < -0.3 is 9.73 Å². The fraction of sp³-hybridized carbons (Fsp3) is 0.182. The summed E-state index contributed by atoms with van der Waals surface area (Å²) < 4.78 is 5.24. The van der Waals surface area contributed by atoms with Crippen LogP contribution in [0.15, 0.2) is 33.9 Å². The lowest BCUT2D eigenvalue weighted by Gasteiger charge is -2.07. The molecule has 0 saturated heterocycles. The molecular formula is C11H10Cl2N2OS. The van der Waals surface area contributed by atoms with Crippen molar-refractivity contribution in [1.82, 2.24) is 4.98 Å². The molecule has 0 atom stereocenters. The standard InChI is InChI=1S/C11H10Cl2N2OS/c1-14-10-8(12)5-9(13)11(15-10)17-6-7-3-2-4-16-7/h2-5H,6H2,1H3,(H,14,15). The van der Waals surface area contributed by atoms with Gasteiger partial charge in [0, 0.05) is 7.05 Å². The summed E-state index contributed by atoms with van der Waals surface area (Å²) in [7, 11) is 1.77. The van der Waals surface area contributed by atoms with E-state index in [2.05, 4.69) is 10.3 Å². The first-order valence-corrected chi connectivity index (χ1v) is 6.64. The molecule has 0 aliphatic rings. The van der Waals surface area contributed by atoms with Crippen LogP contribution < -0.4 is 5.32 Å². The van der Waals surface area contributed by atoms with Gasteiger partial charge in [0.1, 0.15) is 16.6 Å². The van der Waals surface area contributed by atoms with Crippen molar-refractivity contribution < 1.29 is 4.42 Å². The second kappa shape index (κ2) is 5.67. The zero-order chi connectivity index (χ0) is 12.3. The van der Waals surface area contributed by atoms with E-state index in [1.54, 1.807) is 19.4 Å². The van der Waals surface area contributed by atoms with Crippen LogP contribution in [0.2, 0.25) is 10.0 Å². The van der Waals surface area contributed by atoms with Gasteiger partial charge in [0.15, 0.2) is 0 Å². The van der Waals surface area contributed by atoms with Crippen LogP contribution in [-0.2, 0) is 5.75 Å². The average Bonchev–Trinajstić information content (AvgIpc) is 2.81. The number of nitrogens with zero attached hydrogens (tertiary/aromatic N) is 1. The van der Waals surface area contributed by atoms with Crippen LogP contribution in [0.3, 0.4) is 0 Å². The van der Waals surface area contributed by atoms with Crippen molar-refractivity contribution in [3.63, 3.8) is 0 Å². The van der Waals surface area contributed by atoms with Crippen LogP contribution in [0.25, 0.3) is 0 Å². The molecule has 2 aromatic heterocycles. The van der Waals surface area contributed by atoms with Crippen molar-refractivity contribution in [3.8, 4) is 0 Å². The highest BCUT2D eigenvalue weighted by Crippen LogP contribution is 2.33. The zero-order valence-electron chi connectivity index (χ0n) is 9.04. The van der Waals surface area contributed by atoms with E-state index in [9.17, 15) is 0 Å². The van der Waals surface area contributed by atoms with E-state index >= 15 is 0 Å². The summed E-state index contributed by atoms with van der Waals surface area (Å²) in [5.74, 6) is 2.19. The van der Waals surface area contributed by atoms with E-state index in [4.69, 9.17) is 27.6 Å². The molecule has 0 bridgehead atoms. The predicted molar refractivity (Wildman–Crippen MR) is 72.1 cm³/mol. The summed E-state index contributed by atoms with van der Waals surface area (Å²) in [5.41, 5.74) is 0. The van der Waals surface area contributed by atoms with Crippen LogP contribution in [0.4, 0.5) is 5.82 Å². The minimum absolute atomic E-state index is 0.514. The van der Waals surface area contributed by atoms with Gasteiger partial charge in [0.05, 0.1) is 22.1 Å². The topological polar surface area (TPSA) is 38.1 Å². The van der Waals surface area contributed by atoms with Gasteiger partial charge in [0.25, 0.3) is 0 Å². The summed E-state index contributed by atoms with van der Waals surface area (Å²) in [6.45, 7) is 0. The highest BCUT2D eigenvalue weighted by atomic mass is 35.5. The number of aromatic nitrogens is 1. The van der Waals surface area contributed by atoms with E-state index in [0.29, 0.717) is 21.6 Å². The molecule has 0 saturated carbocycles. The number of thioether (sulfide) groups is 1. The lowest BCUT2D eigenvalue weighted by atomic mass is 10.4. The summed E-state index contributed by atoms with van der Waals surface area (Å²) in [5, 5.41) is 4.71. The number of halogens is 2. The molecule has 0 amide bonds. The number of hydrogen-bond donors (Lipinski definition) is 1. The van der Waals surface area contributed by atoms with Crippen LogP contribution in [-0.4, -0.2) is 12.0 Å². The number of furan rings is 1. The van der Waals surface area contributed by atoms with Gasteiger partial charge in [-0.3, -0.25) is 0 Å².